The molecule has 3 amide bonds. The summed E-state index contributed by atoms with van der Waals surface area (Å²) >= 11 is 0. The second-order valence-electron chi connectivity index (χ2n) is 6.12. The molecule has 9 heteroatoms. The number of hydrazine groups is 1. The number of nitrogens with zero attached hydrogens (tertiary/aromatic N) is 2. The van der Waals surface area contributed by atoms with Gasteiger partial charge < -0.3 is 19.3 Å². The number of para-hydroxylation sites is 2. The van der Waals surface area contributed by atoms with Crippen LogP contribution in [0.1, 0.15) is 19.3 Å². The second kappa shape index (κ2) is 10.4. The van der Waals surface area contributed by atoms with Crippen LogP contribution < -0.4 is 20.7 Å². The zero-order valence-corrected chi connectivity index (χ0v) is 15.5. The predicted molar refractivity (Wildman–Crippen MR) is 97.8 cm³/mol. The van der Waals surface area contributed by atoms with Crippen molar-refractivity contribution in [2.75, 3.05) is 39.9 Å². The fourth-order valence-electron chi connectivity index (χ4n) is 2.80. The van der Waals surface area contributed by atoms with Gasteiger partial charge in [0.15, 0.2) is 18.1 Å². The fraction of sp³-hybridized carbons (Fsp3) is 0.500. The van der Waals surface area contributed by atoms with Gasteiger partial charge in [0, 0.05) is 39.0 Å². The summed E-state index contributed by atoms with van der Waals surface area (Å²) in [6.07, 6.45) is 0.965. The number of carbonyl (C=O) groups is 3. The monoisotopic (exact) mass is 378 g/mol. The highest BCUT2D eigenvalue weighted by molar-refractivity contribution is 5.80. The maximum atomic E-state index is 12.3. The van der Waals surface area contributed by atoms with Crippen molar-refractivity contribution in [2.24, 2.45) is 5.84 Å². The summed E-state index contributed by atoms with van der Waals surface area (Å²) < 4.78 is 10.8. The van der Waals surface area contributed by atoms with E-state index in [4.69, 9.17) is 15.3 Å². The molecule has 1 aliphatic heterocycles. The Morgan fingerprint density at radius 2 is 1.59 bits per heavy atom. The average Bonchev–Trinajstić information content (AvgIpc) is 2.71. The molecule has 0 unspecified atom stereocenters. The van der Waals surface area contributed by atoms with Crippen LogP contribution in [0.25, 0.3) is 0 Å². The van der Waals surface area contributed by atoms with Gasteiger partial charge >= 0.3 is 0 Å². The minimum Gasteiger partial charge on any atom is -0.493 e. The highest BCUT2D eigenvalue weighted by atomic mass is 16.5. The molecule has 1 fully saturated rings. The van der Waals surface area contributed by atoms with Crippen LogP contribution in [0.3, 0.4) is 0 Å². The van der Waals surface area contributed by atoms with Crippen LogP contribution in [0, 0.1) is 0 Å². The smallest absolute Gasteiger partial charge is 0.260 e. The molecule has 0 aromatic heterocycles. The first-order valence-electron chi connectivity index (χ1n) is 8.86. The van der Waals surface area contributed by atoms with E-state index in [1.807, 2.05) is 17.6 Å². The van der Waals surface area contributed by atoms with Crippen LogP contribution in [-0.4, -0.2) is 67.4 Å². The van der Waals surface area contributed by atoms with Crippen molar-refractivity contribution < 1.29 is 23.9 Å². The molecule has 0 bridgehead atoms. The van der Waals surface area contributed by atoms with E-state index in [9.17, 15) is 14.4 Å². The number of methoxy groups -OCH3 is 1. The van der Waals surface area contributed by atoms with Crippen molar-refractivity contribution in [2.45, 2.75) is 19.3 Å². The quantitative estimate of drug-likeness (QED) is 0.371. The van der Waals surface area contributed by atoms with Gasteiger partial charge in [-0.15, -0.1) is 0 Å². The summed E-state index contributed by atoms with van der Waals surface area (Å²) in [5.41, 5.74) is 2.04. The van der Waals surface area contributed by atoms with Gasteiger partial charge in [0.1, 0.15) is 0 Å². The molecular weight excluding hydrogens is 352 g/mol. The summed E-state index contributed by atoms with van der Waals surface area (Å²) in [4.78, 5) is 38.9. The lowest BCUT2D eigenvalue weighted by molar-refractivity contribution is -0.140. The molecule has 1 saturated heterocycles. The molecule has 1 aliphatic rings. The first-order valence-corrected chi connectivity index (χ1v) is 8.86. The number of amides is 3. The van der Waals surface area contributed by atoms with Crippen molar-refractivity contribution in [3.05, 3.63) is 24.3 Å². The standard InChI is InChI=1S/C18H26N4O5/c1-26-14-5-2-3-6-15(14)27-13-18(25)22-11-9-21(10-12-22)17(24)8-4-7-16(23)20-19/h2-3,5-6H,4,7-13,19H2,1H3,(H,20,23). The highest BCUT2D eigenvalue weighted by Crippen LogP contribution is 2.25. The number of hydrogen-bond donors (Lipinski definition) is 2. The normalized spacial score (nSPS) is 13.9. The van der Waals surface area contributed by atoms with E-state index in [2.05, 4.69) is 0 Å². The SMILES string of the molecule is COc1ccccc1OCC(=O)N1CCN(C(=O)CCCC(=O)NN)CC1. The summed E-state index contributed by atoms with van der Waals surface area (Å²) in [5, 5.41) is 0. The molecule has 1 heterocycles. The van der Waals surface area contributed by atoms with Crippen LogP contribution in [0.2, 0.25) is 0 Å². The molecule has 148 valence electrons. The Morgan fingerprint density at radius 3 is 2.19 bits per heavy atom. The number of piperazine rings is 1. The number of hydrogen-bond acceptors (Lipinski definition) is 6. The Kier molecular flexibility index (Phi) is 7.87. The molecule has 0 aliphatic carbocycles. The molecule has 3 N–H and O–H groups in total. The minimum absolute atomic E-state index is 0.0165. The number of carbonyl (C=O) groups excluding carboxylic acids is 3. The molecule has 1 aromatic carbocycles. The van der Waals surface area contributed by atoms with Crippen molar-refractivity contribution in [1.29, 1.82) is 0 Å². The van der Waals surface area contributed by atoms with Gasteiger partial charge in [-0.3, -0.25) is 19.8 Å². The van der Waals surface area contributed by atoms with Gasteiger partial charge in [0.25, 0.3) is 5.91 Å². The molecule has 0 saturated carbocycles. The van der Waals surface area contributed by atoms with Crippen LogP contribution in [-0.2, 0) is 14.4 Å². The lowest BCUT2D eigenvalue weighted by Gasteiger charge is -2.34. The lowest BCUT2D eigenvalue weighted by Crippen LogP contribution is -2.51. The Labute approximate surface area is 158 Å². The first kappa shape index (κ1) is 20.5. The summed E-state index contributed by atoms with van der Waals surface area (Å²) in [5.74, 6) is 5.66. The van der Waals surface area contributed by atoms with Crippen molar-refractivity contribution >= 4 is 17.7 Å². The van der Waals surface area contributed by atoms with E-state index in [1.165, 1.54) is 0 Å². The number of nitrogens with two attached hydrogens (primary N) is 1. The molecule has 0 spiro atoms. The van der Waals surface area contributed by atoms with Gasteiger partial charge in [0.2, 0.25) is 11.8 Å². The maximum Gasteiger partial charge on any atom is 0.260 e. The average molecular weight is 378 g/mol. The molecular formula is C18H26N4O5. The molecule has 27 heavy (non-hydrogen) atoms. The Balaban J connectivity index is 1.72. The fourth-order valence-corrected chi connectivity index (χ4v) is 2.80. The number of benzene rings is 1. The van der Waals surface area contributed by atoms with Crippen LogP contribution in [0.15, 0.2) is 24.3 Å². The molecule has 9 nitrogen and oxygen atoms in total. The first-order chi connectivity index (χ1) is 13.0. The largest absolute Gasteiger partial charge is 0.493 e. The second-order valence-corrected chi connectivity index (χ2v) is 6.12. The van der Waals surface area contributed by atoms with Gasteiger partial charge in [-0.25, -0.2) is 5.84 Å². The number of ether oxygens (including phenoxy) is 2. The molecule has 1 aromatic rings. The van der Waals surface area contributed by atoms with Crippen molar-refractivity contribution in [1.82, 2.24) is 15.2 Å². The van der Waals surface area contributed by atoms with Crippen LogP contribution in [0.4, 0.5) is 0 Å². The van der Waals surface area contributed by atoms with E-state index in [0.29, 0.717) is 44.1 Å². The van der Waals surface area contributed by atoms with Gasteiger partial charge in [-0.2, -0.15) is 0 Å². The Bertz CT molecular complexity index is 659. The molecule has 0 atom stereocenters. The van der Waals surface area contributed by atoms with Crippen molar-refractivity contribution in [3.8, 4) is 11.5 Å². The Hall–Kier alpha value is -2.81. The van der Waals surface area contributed by atoms with Crippen LogP contribution >= 0.6 is 0 Å². The third-order valence-electron chi connectivity index (χ3n) is 4.36. The van der Waals surface area contributed by atoms with E-state index < -0.39 is 0 Å². The molecule has 0 radical (unpaired) electrons. The highest BCUT2D eigenvalue weighted by Gasteiger charge is 2.24. The third kappa shape index (κ3) is 6.14. The van der Waals surface area contributed by atoms with Gasteiger partial charge in [0.05, 0.1) is 7.11 Å². The summed E-state index contributed by atoms with van der Waals surface area (Å²) in [6.45, 7) is 1.79. The summed E-state index contributed by atoms with van der Waals surface area (Å²) in [7, 11) is 1.54. The van der Waals surface area contributed by atoms with Gasteiger partial charge in [-0.05, 0) is 18.6 Å². The topological polar surface area (TPSA) is 114 Å². The van der Waals surface area contributed by atoms with E-state index in [-0.39, 0.29) is 37.2 Å². The third-order valence-corrected chi connectivity index (χ3v) is 4.36. The lowest BCUT2D eigenvalue weighted by atomic mass is 10.2. The van der Waals surface area contributed by atoms with Crippen LogP contribution in [0.5, 0.6) is 11.5 Å². The minimum atomic E-state index is -0.284. The number of nitrogens with one attached hydrogen (secondary N) is 1. The zero-order valence-electron chi connectivity index (χ0n) is 15.5. The van der Waals surface area contributed by atoms with E-state index >= 15 is 0 Å². The van der Waals surface area contributed by atoms with E-state index in [1.54, 1.807) is 29.0 Å². The van der Waals surface area contributed by atoms with Gasteiger partial charge in [-0.1, -0.05) is 12.1 Å². The maximum absolute atomic E-state index is 12.3. The summed E-state index contributed by atoms with van der Waals surface area (Å²) in [6, 6.07) is 7.14. The molecule has 2 rings (SSSR count). The van der Waals surface area contributed by atoms with Crippen molar-refractivity contribution in [3.63, 3.8) is 0 Å². The Morgan fingerprint density at radius 1 is 1.00 bits per heavy atom. The zero-order chi connectivity index (χ0) is 19.6. The number of rotatable bonds is 8. The predicted octanol–water partition coefficient (Wildman–Crippen LogP) is -0.0950. The van der Waals surface area contributed by atoms with E-state index in [0.717, 1.165) is 0 Å².